The first-order chi connectivity index (χ1) is 4.86. The fraction of sp³-hybridized carbons (Fsp3) is 0. The molecule has 0 fully saturated rings. The van der Waals surface area contributed by atoms with E-state index in [0.29, 0.717) is 0 Å². The molecule has 0 amide bonds. The van der Waals surface area contributed by atoms with Crippen molar-refractivity contribution in [1.29, 1.82) is 0 Å². The van der Waals surface area contributed by atoms with Gasteiger partial charge >= 0.3 is 0 Å². The minimum Gasteiger partial charge on any atom is -0.399 e. The summed E-state index contributed by atoms with van der Waals surface area (Å²) in [5.41, 5.74) is 6.43. The van der Waals surface area contributed by atoms with Gasteiger partial charge < -0.3 is 5.73 Å². The molecule has 0 spiro atoms. The molecular weight excluding hydrogens is 181 g/mol. The average molecular weight is 188 g/mol. The quantitative estimate of drug-likeness (QED) is 0.497. The van der Waals surface area contributed by atoms with Gasteiger partial charge in [-0.05, 0) is 33.7 Å². The predicted octanol–water partition coefficient (Wildman–Crippen LogP) is 2.10. The normalized spacial score (nSPS) is 9.45. The first-order valence-electron chi connectivity index (χ1n) is 3.08. The molecule has 2 N–H and O–H groups in total. The second kappa shape index (κ2) is 4.03. The summed E-state index contributed by atoms with van der Waals surface area (Å²) in [7, 11) is 0. The number of fused-ring (bicyclic) bond motifs is 1. The largest absolute Gasteiger partial charge is 0.399 e. The van der Waals surface area contributed by atoms with Crippen LogP contribution in [-0.2, 0) is 0 Å². The van der Waals surface area contributed by atoms with Crippen LogP contribution in [0.5, 0.6) is 0 Å². The third-order valence-electron chi connectivity index (χ3n) is 1.50. The third kappa shape index (κ3) is 2.05. The maximum Gasteiger partial charge on any atom is 0.0320 e. The molecular formula is C8H7KNS. The summed E-state index contributed by atoms with van der Waals surface area (Å²) in [6, 6.07) is 5.96. The standard InChI is InChI=1S/C8H7NS.K/c9-8-2-1-6-4-10-5-7(6)3-8;/h1-5H,9H2;. The van der Waals surface area contributed by atoms with E-state index >= 15 is 0 Å². The van der Waals surface area contributed by atoms with Gasteiger partial charge in [-0.15, -0.1) is 0 Å². The number of benzene rings is 1. The molecule has 51 valence electrons. The number of nitrogens with two attached hydrogens (primary N) is 1. The first kappa shape index (κ1) is 9.70. The van der Waals surface area contributed by atoms with Crippen LogP contribution in [0.3, 0.4) is 0 Å². The number of nitrogen functional groups attached to an aromatic ring is 1. The van der Waals surface area contributed by atoms with Gasteiger partial charge in [0.15, 0.2) is 0 Å². The molecule has 0 bridgehead atoms. The Kier molecular flexibility index (Phi) is 3.55. The molecule has 1 aromatic carbocycles. The number of hydrogen-bond acceptors (Lipinski definition) is 2. The molecule has 0 unspecified atom stereocenters. The Morgan fingerprint density at radius 2 is 1.82 bits per heavy atom. The van der Waals surface area contributed by atoms with Gasteiger partial charge in [0.25, 0.3) is 0 Å². The van der Waals surface area contributed by atoms with Crippen molar-refractivity contribution in [3.8, 4) is 0 Å². The Morgan fingerprint density at radius 1 is 1.09 bits per heavy atom. The maximum absolute atomic E-state index is 5.59. The van der Waals surface area contributed by atoms with Gasteiger partial charge in [-0.2, -0.15) is 11.3 Å². The topological polar surface area (TPSA) is 26.0 Å². The molecule has 0 aliphatic heterocycles. The van der Waals surface area contributed by atoms with Crippen LogP contribution in [0.25, 0.3) is 10.8 Å². The van der Waals surface area contributed by atoms with Gasteiger partial charge in [-0.1, -0.05) is 6.07 Å². The third-order valence-corrected chi connectivity index (χ3v) is 2.28. The minimum atomic E-state index is 0. The van der Waals surface area contributed by atoms with E-state index < -0.39 is 0 Å². The molecule has 2 rings (SSSR count). The molecule has 2 aromatic rings. The van der Waals surface area contributed by atoms with Crippen LogP contribution in [0.15, 0.2) is 29.0 Å². The number of hydrogen-bond donors (Lipinski definition) is 1. The van der Waals surface area contributed by atoms with E-state index in [-0.39, 0.29) is 51.4 Å². The van der Waals surface area contributed by atoms with Gasteiger partial charge in [0.2, 0.25) is 0 Å². The van der Waals surface area contributed by atoms with Gasteiger partial charge in [-0.25, -0.2) is 0 Å². The van der Waals surface area contributed by atoms with Crippen LogP contribution in [-0.4, -0.2) is 51.4 Å². The van der Waals surface area contributed by atoms with Crippen molar-refractivity contribution >= 4 is 79.2 Å². The second-order valence-electron chi connectivity index (χ2n) is 2.26. The second-order valence-corrected chi connectivity index (χ2v) is 3.00. The summed E-state index contributed by atoms with van der Waals surface area (Å²) >= 11 is 1.71. The molecule has 0 saturated carbocycles. The van der Waals surface area contributed by atoms with Gasteiger partial charge in [0.1, 0.15) is 0 Å². The molecule has 1 nitrogen and oxygen atoms in total. The Labute approximate surface area is 112 Å². The Hall–Kier alpha value is 0.616. The summed E-state index contributed by atoms with van der Waals surface area (Å²) in [6.45, 7) is 0. The van der Waals surface area contributed by atoms with Crippen LogP contribution >= 0.6 is 11.3 Å². The smallest absolute Gasteiger partial charge is 0.0320 e. The van der Waals surface area contributed by atoms with Crippen molar-refractivity contribution in [2.24, 2.45) is 0 Å². The SMILES string of the molecule is Nc1ccc2cscc2c1.[K]. The number of anilines is 1. The van der Waals surface area contributed by atoms with Crippen molar-refractivity contribution in [1.82, 2.24) is 0 Å². The molecule has 11 heavy (non-hydrogen) atoms. The number of thiophene rings is 1. The van der Waals surface area contributed by atoms with Crippen molar-refractivity contribution in [2.75, 3.05) is 5.73 Å². The van der Waals surface area contributed by atoms with E-state index in [1.165, 1.54) is 10.8 Å². The van der Waals surface area contributed by atoms with E-state index in [9.17, 15) is 0 Å². The summed E-state index contributed by atoms with van der Waals surface area (Å²) in [6.07, 6.45) is 0. The summed E-state index contributed by atoms with van der Waals surface area (Å²) in [5.74, 6) is 0. The van der Waals surface area contributed by atoms with E-state index in [1.54, 1.807) is 11.3 Å². The maximum atomic E-state index is 5.59. The average Bonchev–Trinajstić information content (AvgIpc) is 2.33. The van der Waals surface area contributed by atoms with Crippen LogP contribution in [0, 0.1) is 0 Å². The molecule has 1 radical (unpaired) electrons. The Balaban J connectivity index is 0.000000605. The molecule has 3 heteroatoms. The fourth-order valence-corrected chi connectivity index (χ4v) is 1.76. The zero-order valence-electron chi connectivity index (χ0n) is 6.37. The van der Waals surface area contributed by atoms with Gasteiger partial charge in [0.05, 0.1) is 0 Å². The molecule has 1 heterocycles. The van der Waals surface area contributed by atoms with Crippen LogP contribution in [0.1, 0.15) is 0 Å². The van der Waals surface area contributed by atoms with Gasteiger partial charge in [0, 0.05) is 57.1 Å². The van der Waals surface area contributed by atoms with E-state index in [4.69, 9.17) is 5.73 Å². The van der Waals surface area contributed by atoms with E-state index in [1.807, 2.05) is 18.2 Å². The van der Waals surface area contributed by atoms with Crippen LogP contribution in [0.4, 0.5) is 5.69 Å². The number of rotatable bonds is 0. The molecule has 0 aliphatic rings. The van der Waals surface area contributed by atoms with Crippen LogP contribution in [0.2, 0.25) is 0 Å². The van der Waals surface area contributed by atoms with Gasteiger partial charge in [-0.3, -0.25) is 0 Å². The fourth-order valence-electron chi connectivity index (χ4n) is 0.983. The summed E-state index contributed by atoms with van der Waals surface area (Å²) < 4.78 is 0. The first-order valence-corrected chi connectivity index (χ1v) is 4.02. The minimum absolute atomic E-state index is 0. The summed E-state index contributed by atoms with van der Waals surface area (Å²) in [4.78, 5) is 0. The monoisotopic (exact) mass is 188 g/mol. The zero-order chi connectivity index (χ0) is 6.97. The van der Waals surface area contributed by atoms with E-state index in [0.717, 1.165) is 5.69 Å². The molecule has 0 aliphatic carbocycles. The zero-order valence-corrected chi connectivity index (χ0v) is 10.3. The van der Waals surface area contributed by atoms with Crippen molar-refractivity contribution < 1.29 is 0 Å². The Bertz CT molecular complexity index is 356. The molecule has 1 aromatic heterocycles. The summed E-state index contributed by atoms with van der Waals surface area (Å²) in [5, 5.41) is 6.74. The van der Waals surface area contributed by atoms with Crippen molar-refractivity contribution in [3.05, 3.63) is 29.0 Å². The Morgan fingerprint density at radius 3 is 2.64 bits per heavy atom. The molecule has 0 saturated heterocycles. The molecule has 0 atom stereocenters. The van der Waals surface area contributed by atoms with Crippen molar-refractivity contribution in [2.45, 2.75) is 0 Å². The van der Waals surface area contributed by atoms with Crippen LogP contribution < -0.4 is 5.73 Å². The van der Waals surface area contributed by atoms with Crippen molar-refractivity contribution in [3.63, 3.8) is 0 Å². The predicted molar refractivity (Wildman–Crippen MR) is 52.0 cm³/mol. The van der Waals surface area contributed by atoms with E-state index in [2.05, 4.69) is 10.8 Å².